The topological polar surface area (TPSA) is 17.1 Å². The van der Waals surface area contributed by atoms with E-state index < -0.39 is 29.0 Å². The highest BCUT2D eigenvalue weighted by Crippen LogP contribution is 2.40. The summed E-state index contributed by atoms with van der Waals surface area (Å²) in [5.74, 6) is 0. The summed E-state index contributed by atoms with van der Waals surface area (Å²) in [6.45, 7) is 0. The van der Waals surface area contributed by atoms with Crippen LogP contribution in [-0.4, -0.2) is 6.29 Å². The van der Waals surface area contributed by atoms with E-state index in [2.05, 4.69) is 0 Å². The van der Waals surface area contributed by atoms with E-state index in [9.17, 15) is 31.1 Å². The Labute approximate surface area is 121 Å². The highest BCUT2D eigenvalue weighted by Gasteiger charge is 2.37. The standard InChI is InChI=1S/C15H8F6O/c16-14(17,18)11-4-5-13(15(19,20)21)12(7-11)10-3-1-2-9(6-10)8-22/h1-8H. The molecule has 116 valence electrons. The van der Waals surface area contributed by atoms with Gasteiger partial charge in [-0.3, -0.25) is 4.79 Å². The van der Waals surface area contributed by atoms with Gasteiger partial charge in [0.15, 0.2) is 0 Å². The van der Waals surface area contributed by atoms with Crippen LogP contribution in [0.1, 0.15) is 21.5 Å². The third-order valence-electron chi connectivity index (χ3n) is 2.99. The summed E-state index contributed by atoms with van der Waals surface area (Å²) in [4.78, 5) is 10.7. The molecule has 0 bridgehead atoms. The second-order valence-corrected chi connectivity index (χ2v) is 4.50. The maximum absolute atomic E-state index is 13.0. The van der Waals surface area contributed by atoms with E-state index in [1.54, 1.807) is 0 Å². The molecule has 1 nitrogen and oxygen atoms in total. The summed E-state index contributed by atoms with van der Waals surface area (Å²) in [5.41, 5.74) is -3.03. The van der Waals surface area contributed by atoms with Crippen LogP contribution in [0.4, 0.5) is 26.3 Å². The molecule has 0 aliphatic carbocycles. The smallest absolute Gasteiger partial charge is 0.298 e. The Bertz CT molecular complexity index is 700. The van der Waals surface area contributed by atoms with Gasteiger partial charge in [-0.05, 0) is 35.4 Å². The minimum atomic E-state index is -4.81. The van der Waals surface area contributed by atoms with E-state index in [1.807, 2.05) is 0 Å². The van der Waals surface area contributed by atoms with Crippen LogP contribution >= 0.6 is 0 Å². The van der Waals surface area contributed by atoms with Gasteiger partial charge in [0.05, 0.1) is 11.1 Å². The average Bonchev–Trinajstić information content (AvgIpc) is 2.45. The lowest BCUT2D eigenvalue weighted by Gasteiger charge is -2.16. The van der Waals surface area contributed by atoms with E-state index in [4.69, 9.17) is 0 Å². The molecular formula is C15H8F6O. The monoisotopic (exact) mass is 318 g/mol. The Morgan fingerprint density at radius 3 is 2.05 bits per heavy atom. The molecule has 0 aliphatic heterocycles. The fraction of sp³-hybridized carbons (Fsp3) is 0.133. The van der Waals surface area contributed by atoms with E-state index in [-0.39, 0.29) is 11.1 Å². The number of halogens is 6. The van der Waals surface area contributed by atoms with Crippen LogP contribution in [-0.2, 0) is 12.4 Å². The van der Waals surface area contributed by atoms with Crippen LogP contribution in [0.2, 0.25) is 0 Å². The summed E-state index contributed by atoms with van der Waals surface area (Å²) in [6.07, 6.45) is -9.16. The van der Waals surface area contributed by atoms with E-state index in [1.165, 1.54) is 18.2 Å². The Morgan fingerprint density at radius 2 is 1.50 bits per heavy atom. The molecule has 7 heteroatoms. The molecule has 2 rings (SSSR count). The van der Waals surface area contributed by atoms with Crippen LogP contribution in [0.15, 0.2) is 42.5 Å². The predicted molar refractivity (Wildman–Crippen MR) is 67.3 cm³/mol. The number of carbonyl (C=O) groups excluding carboxylic acids is 1. The van der Waals surface area contributed by atoms with Crippen molar-refractivity contribution in [2.24, 2.45) is 0 Å². The lowest BCUT2D eigenvalue weighted by atomic mass is 9.95. The fourth-order valence-electron chi connectivity index (χ4n) is 1.99. The van der Waals surface area contributed by atoms with E-state index in [0.29, 0.717) is 24.5 Å². The minimum absolute atomic E-state index is 0.0723. The van der Waals surface area contributed by atoms with Crippen molar-refractivity contribution in [3.8, 4) is 11.1 Å². The Kier molecular flexibility index (Phi) is 4.00. The Hall–Kier alpha value is -2.31. The molecule has 0 fully saturated rings. The summed E-state index contributed by atoms with van der Waals surface area (Å²) in [6, 6.07) is 6.20. The molecule has 0 atom stereocenters. The zero-order valence-corrected chi connectivity index (χ0v) is 10.8. The average molecular weight is 318 g/mol. The van der Waals surface area contributed by atoms with Crippen LogP contribution in [0.5, 0.6) is 0 Å². The van der Waals surface area contributed by atoms with Crippen molar-refractivity contribution >= 4 is 6.29 Å². The SMILES string of the molecule is O=Cc1cccc(-c2cc(C(F)(F)F)ccc2C(F)(F)F)c1. The van der Waals surface area contributed by atoms with Crippen molar-refractivity contribution in [1.82, 2.24) is 0 Å². The second-order valence-electron chi connectivity index (χ2n) is 4.50. The van der Waals surface area contributed by atoms with Crippen LogP contribution in [0, 0.1) is 0 Å². The molecule has 0 N–H and O–H groups in total. The molecule has 0 saturated heterocycles. The molecule has 0 radical (unpaired) electrons. The zero-order valence-electron chi connectivity index (χ0n) is 10.8. The molecule has 0 amide bonds. The summed E-state index contributed by atoms with van der Waals surface area (Å²) in [7, 11) is 0. The molecule has 0 spiro atoms. The third kappa shape index (κ3) is 3.29. The first-order valence-corrected chi connectivity index (χ1v) is 5.97. The lowest BCUT2D eigenvalue weighted by molar-refractivity contribution is -0.141. The van der Waals surface area contributed by atoms with Gasteiger partial charge >= 0.3 is 12.4 Å². The minimum Gasteiger partial charge on any atom is -0.298 e. The highest BCUT2D eigenvalue weighted by molar-refractivity contribution is 5.80. The fourth-order valence-corrected chi connectivity index (χ4v) is 1.99. The normalized spacial score (nSPS) is 12.3. The van der Waals surface area contributed by atoms with E-state index in [0.717, 1.165) is 6.07 Å². The molecule has 0 aromatic heterocycles. The van der Waals surface area contributed by atoms with Crippen molar-refractivity contribution in [3.63, 3.8) is 0 Å². The number of carbonyl (C=O) groups is 1. The zero-order chi connectivity index (χ0) is 16.5. The quantitative estimate of drug-likeness (QED) is 0.549. The molecule has 2 aromatic rings. The van der Waals surface area contributed by atoms with Crippen molar-refractivity contribution in [3.05, 3.63) is 59.2 Å². The molecule has 0 heterocycles. The number of hydrogen-bond donors (Lipinski definition) is 0. The molecule has 0 unspecified atom stereocenters. The van der Waals surface area contributed by atoms with E-state index >= 15 is 0 Å². The van der Waals surface area contributed by atoms with Crippen LogP contribution < -0.4 is 0 Å². The van der Waals surface area contributed by atoms with Crippen LogP contribution in [0.3, 0.4) is 0 Å². The van der Waals surface area contributed by atoms with Gasteiger partial charge in [-0.25, -0.2) is 0 Å². The second kappa shape index (κ2) is 5.47. The van der Waals surface area contributed by atoms with Gasteiger partial charge in [0, 0.05) is 5.56 Å². The first kappa shape index (κ1) is 16.1. The van der Waals surface area contributed by atoms with Gasteiger partial charge in [-0.15, -0.1) is 0 Å². The summed E-state index contributed by atoms with van der Waals surface area (Å²) < 4.78 is 77.1. The van der Waals surface area contributed by atoms with Gasteiger partial charge in [0.1, 0.15) is 6.29 Å². The maximum atomic E-state index is 13.0. The molecule has 0 aliphatic rings. The molecule has 0 saturated carbocycles. The number of hydrogen-bond acceptors (Lipinski definition) is 1. The largest absolute Gasteiger partial charge is 0.417 e. The molecular weight excluding hydrogens is 310 g/mol. The summed E-state index contributed by atoms with van der Waals surface area (Å²) in [5, 5.41) is 0. The third-order valence-corrected chi connectivity index (χ3v) is 2.99. The van der Waals surface area contributed by atoms with Crippen molar-refractivity contribution in [2.45, 2.75) is 12.4 Å². The van der Waals surface area contributed by atoms with Crippen LogP contribution in [0.25, 0.3) is 11.1 Å². The van der Waals surface area contributed by atoms with Crippen molar-refractivity contribution in [2.75, 3.05) is 0 Å². The van der Waals surface area contributed by atoms with Gasteiger partial charge in [-0.1, -0.05) is 18.2 Å². The van der Waals surface area contributed by atoms with Crippen molar-refractivity contribution in [1.29, 1.82) is 0 Å². The predicted octanol–water partition coefficient (Wildman–Crippen LogP) is 5.20. The first-order chi connectivity index (χ1) is 10.1. The van der Waals surface area contributed by atoms with Gasteiger partial charge < -0.3 is 0 Å². The van der Waals surface area contributed by atoms with Gasteiger partial charge in [0.2, 0.25) is 0 Å². The van der Waals surface area contributed by atoms with Gasteiger partial charge in [-0.2, -0.15) is 26.3 Å². The lowest BCUT2D eigenvalue weighted by Crippen LogP contribution is -2.11. The number of aldehydes is 1. The Balaban J connectivity index is 2.71. The Morgan fingerprint density at radius 1 is 0.818 bits per heavy atom. The molecule has 2 aromatic carbocycles. The number of alkyl halides is 6. The highest BCUT2D eigenvalue weighted by atomic mass is 19.4. The maximum Gasteiger partial charge on any atom is 0.417 e. The van der Waals surface area contributed by atoms with Crippen molar-refractivity contribution < 1.29 is 31.1 Å². The number of benzene rings is 2. The number of rotatable bonds is 2. The first-order valence-electron chi connectivity index (χ1n) is 5.97. The summed E-state index contributed by atoms with van der Waals surface area (Å²) >= 11 is 0. The molecule has 22 heavy (non-hydrogen) atoms. The van der Waals surface area contributed by atoms with Gasteiger partial charge in [0.25, 0.3) is 0 Å².